The molecule has 2 heterocycles. The van der Waals surface area contributed by atoms with Gasteiger partial charge in [0.1, 0.15) is 0 Å². The third kappa shape index (κ3) is 8.91. The average Bonchev–Trinajstić information content (AvgIpc) is 3.03. The smallest absolute Gasteiger partial charge is 0.203 e. The summed E-state index contributed by atoms with van der Waals surface area (Å²) in [4.78, 5) is 0. The van der Waals surface area contributed by atoms with E-state index in [0.29, 0.717) is 0 Å². The van der Waals surface area contributed by atoms with Gasteiger partial charge in [0.25, 0.3) is 0 Å². The Labute approximate surface area is 144 Å². The van der Waals surface area contributed by atoms with Crippen molar-refractivity contribution in [2.75, 3.05) is 0 Å². The van der Waals surface area contributed by atoms with Gasteiger partial charge in [0.2, 0.25) is 12.7 Å². The molecule has 0 saturated heterocycles. The summed E-state index contributed by atoms with van der Waals surface area (Å²) in [7, 11) is 3.98. The van der Waals surface area contributed by atoms with Crippen LogP contribution < -0.4 is 9.13 Å². The Bertz CT molecular complexity index is 432. The van der Waals surface area contributed by atoms with Crippen LogP contribution in [0, 0.1) is 12.7 Å². The predicted molar refractivity (Wildman–Crippen MR) is 78.7 cm³/mol. The van der Waals surface area contributed by atoms with Crippen LogP contribution in [0.2, 0.25) is 0 Å². The molecule has 2 aromatic rings. The second kappa shape index (κ2) is 11.8. The molecule has 0 unspecified atom stereocenters. The second-order valence-electron chi connectivity index (χ2n) is 5.11. The van der Waals surface area contributed by atoms with E-state index in [1.165, 1.54) is 25.7 Å². The molecule has 0 amide bonds. The summed E-state index contributed by atoms with van der Waals surface area (Å²) in [6.07, 6.45) is 19.4. The van der Waals surface area contributed by atoms with E-state index in [2.05, 4.69) is 48.0 Å². The fraction of sp³-hybridized carbons (Fsp3) is 0.625. The predicted octanol–water partition coefficient (Wildman–Crippen LogP) is 1.82. The number of hydrogen-bond donors (Lipinski definition) is 0. The maximum atomic E-state index is 3.14. The van der Waals surface area contributed by atoms with Gasteiger partial charge in [-0.3, -0.25) is 0 Å². The maximum Gasteiger partial charge on any atom is 0.203 e. The largest absolute Gasteiger partial charge is 0.354 e. The van der Waals surface area contributed by atoms with Crippen molar-refractivity contribution in [1.82, 2.24) is 9.13 Å². The van der Waals surface area contributed by atoms with Gasteiger partial charge >= 0.3 is 0 Å². The zero-order valence-electron chi connectivity index (χ0n) is 13.6. The van der Waals surface area contributed by atoms with Gasteiger partial charge in [-0.05, 0) is 37.6 Å². The van der Waals surface area contributed by atoms with Crippen molar-refractivity contribution < 1.29 is 31.5 Å². The molecule has 2 aromatic heterocycles. The number of aryl methyl sites for hydroxylation is 4. The normalized spacial score (nSPS) is 9.71. The fourth-order valence-corrected chi connectivity index (χ4v) is 1.81. The molecule has 0 atom stereocenters. The van der Waals surface area contributed by atoms with E-state index < -0.39 is 0 Å². The summed E-state index contributed by atoms with van der Waals surface area (Å²) < 4.78 is 8.05. The average molecular weight is 473 g/mol. The first kappa shape index (κ1) is 20.2. The first-order valence-electron chi connectivity index (χ1n) is 7.53. The van der Waals surface area contributed by atoms with Gasteiger partial charge in [-0.2, -0.15) is 0 Å². The van der Waals surface area contributed by atoms with Crippen molar-refractivity contribution >= 4 is 0 Å². The Balaban J connectivity index is 0.000000364. The number of nitrogens with zero attached hydrogens (tertiary/aromatic N) is 4. The topological polar surface area (TPSA) is 17.6 Å². The molecule has 0 N–H and O–H groups in total. The SMILES string of the molecule is CCCC[n+]1[c-]n(C)cc1.CCCCn1[c-][n+](C)cc1.[Au]. The Hall–Kier alpha value is -0.840. The molecule has 0 saturated carbocycles. The van der Waals surface area contributed by atoms with Crippen LogP contribution in [-0.4, -0.2) is 9.13 Å². The molecule has 0 aliphatic rings. The Morgan fingerprint density at radius 2 is 1.71 bits per heavy atom. The van der Waals surface area contributed by atoms with Crippen molar-refractivity contribution in [3.63, 3.8) is 0 Å². The molecule has 5 heteroatoms. The molecule has 2 rings (SSSR count). The monoisotopic (exact) mass is 473 g/mol. The number of hydrogen-bond acceptors (Lipinski definition) is 0. The van der Waals surface area contributed by atoms with Crippen molar-refractivity contribution in [2.24, 2.45) is 14.1 Å². The van der Waals surface area contributed by atoms with Crippen molar-refractivity contribution in [3.05, 3.63) is 37.4 Å². The molecule has 0 aromatic carbocycles. The minimum absolute atomic E-state index is 0. The van der Waals surface area contributed by atoms with Crippen molar-refractivity contribution in [2.45, 2.75) is 52.6 Å². The van der Waals surface area contributed by atoms with Gasteiger partial charge in [-0.1, -0.05) is 26.7 Å². The molecular formula is C16H28AuN4. The van der Waals surface area contributed by atoms with Crippen LogP contribution in [0.25, 0.3) is 0 Å². The van der Waals surface area contributed by atoms with E-state index in [9.17, 15) is 0 Å². The number of aromatic nitrogens is 4. The summed E-state index contributed by atoms with van der Waals surface area (Å²) in [5.74, 6) is 0. The minimum Gasteiger partial charge on any atom is -0.354 e. The molecule has 0 spiro atoms. The number of rotatable bonds is 6. The molecule has 0 fully saturated rings. The van der Waals surface area contributed by atoms with Crippen LogP contribution in [-0.2, 0) is 49.6 Å². The molecular weight excluding hydrogens is 445 g/mol. The molecule has 1 radical (unpaired) electrons. The molecule has 0 bridgehead atoms. The fourth-order valence-electron chi connectivity index (χ4n) is 1.81. The van der Waals surface area contributed by atoms with Crippen LogP contribution in [0.15, 0.2) is 24.8 Å². The third-order valence-corrected chi connectivity index (χ3v) is 3.02. The zero-order valence-corrected chi connectivity index (χ0v) is 15.8. The summed E-state index contributed by atoms with van der Waals surface area (Å²) in [5, 5.41) is 0. The van der Waals surface area contributed by atoms with Gasteiger partial charge in [0.15, 0.2) is 0 Å². The van der Waals surface area contributed by atoms with E-state index in [0.717, 1.165) is 13.1 Å². The summed E-state index contributed by atoms with van der Waals surface area (Å²) in [6, 6.07) is 0. The Kier molecular flexibility index (Phi) is 11.3. The maximum absolute atomic E-state index is 3.14. The van der Waals surface area contributed by atoms with Gasteiger partial charge in [-0.25, -0.2) is 0 Å². The summed E-state index contributed by atoms with van der Waals surface area (Å²) in [5.41, 5.74) is 0. The molecule has 0 aliphatic carbocycles. The molecule has 123 valence electrons. The van der Waals surface area contributed by atoms with Gasteiger partial charge in [0, 0.05) is 22.4 Å². The first-order valence-corrected chi connectivity index (χ1v) is 7.53. The minimum atomic E-state index is 0. The third-order valence-electron chi connectivity index (χ3n) is 3.02. The van der Waals surface area contributed by atoms with Crippen molar-refractivity contribution in [1.29, 1.82) is 0 Å². The quantitative estimate of drug-likeness (QED) is 0.346. The van der Waals surface area contributed by atoms with Gasteiger partial charge in [-0.15, -0.1) is 0 Å². The number of imidazole rings is 2. The Morgan fingerprint density at radius 3 is 2.19 bits per heavy atom. The van der Waals surface area contributed by atoms with E-state index in [1.807, 2.05) is 35.6 Å². The standard InChI is InChI=1S/2C8H14N2.Au/c2*1-3-4-5-10-7-6-9(2)8-10;/h2*6-7H,3-5H2,1-2H3;. The molecule has 21 heavy (non-hydrogen) atoms. The first-order chi connectivity index (χ1) is 9.65. The van der Waals surface area contributed by atoms with E-state index >= 15 is 0 Å². The zero-order chi connectivity index (χ0) is 14.8. The molecule has 4 nitrogen and oxygen atoms in total. The van der Waals surface area contributed by atoms with Crippen LogP contribution in [0.3, 0.4) is 0 Å². The van der Waals surface area contributed by atoms with Crippen LogP contribution in [0.1, 0.15) is 39.5 Å². The van der Waals surface area contributed by atoms with Gasteiger partial charge < -0.3 is 18.3 Å². The van der Waals surface area contributed by atoms with E-state index in [4.69, 9.17) is 0 Å². The number of unbranched alkanes of at least 4 members (excludes halogenated alkanes) is 2. The molecule has 0 aliphatic heterocycles. The van der Waals surface area contributed by atoms with Crippen molar-refractivity contribution in [3.8, 4) is 0 Å². The van der Waals surface area contributed by atoms with Crippen LogP contribution >= 0.6 is 0 Å². The van der Waals surface area contributed by atoms with Gasteiger partial charge in [0.05, 0.1) is 27.2 Å². The second-order valence-corrected chi connectivity index (χ2v) is 5.11. The summed E-state index contributed by atoms with van der Waals surface area (Å²) >= 11 is 0. The Morgan fingerprint density at radius 1 is 1.00 bits per heavy atom. The van der Waals surface area contributed by atoms with E-state index in [-0.39, 0.29) is 22.4 Å². The van der Waals surface area contributed by atoms with Crippen LogP contribution in [0.5, 0.6) is 0 Å². The van der Waals surface area contributed by atoms with E-state index in [1.54, 1.807) is 0 Å². The summed E-state index contributed by atoms with van der Waals surface area (Å²) in [6.45, 7) is 6.58. The van der Waals surface area contributed by atoms with Crippen LogP contribution in [0.4, 0.5) is 0 Å².